The molecule has 1 N–H and O–H groups in total. The number of hydrogen-bond acceptors (Lipinski definition) is 3. The normalized spacial score (nSPS) is 12.3. The van der Waals surface area contributed by atoms with E-state index in [1.54, 1.807) is 0 Å². The van der Waals surface area contributed by atoms with Crippen molar-refractivity contribution < 1.29 is 0 Å². The van der Waals surface area contributed by atoms with Crippen LogP contribution in [0.25, 0.3) is 0 Å². The highest BCUT2D eigenvalue weighted by atomic mass is 32.2. The average Bonchev–Trinajstić information content (AvgIpc) is 2.54. The summed E-state index contributed by atoms with van der Waals surface area (Å²) in [5, 5.41) is 3.52. The van der Waals surface area contributed by atoms with E-state index in [1.807, 2.05) is 24.2 Å². The number of nitrogens with one attached hydrogen (secondary N) is 1. The molecule has 0 saturated carbocycles. The Kier molecular flexibility index (Phi) is 6.77. The first kappa shape index (κ1) is 16.1. The van der Waals surface area contributed by atoms with Gasteiger partial charge in [0.05, 0.1) is 0 Å². The Labute approximate surface area is 132 Å². The number of aryl methyl sites for hydroxylation is 1. The summed E-state index contributed by atoms with van der Waals surface area (Å²) in [5.41, 5.74) is 2.72. The Bertz CT molecular complexity index is 511. The van der Waals surface area contributed by atoms with Crippen LogP contribution in [0.1, 0.15) is 37.4 Å². The maximum absolute atomic E-state index is 4.05. The molecule has 21 heavy (non-hydrogen) atoms. The zero-order valence-corrected chi connectivity index (χ0v) is 13.7. The fraction of sp³-hybridized carbons (Fsp3) is 0.389. The summed E-state index contributed by atoms with van der Waals surface area (Å²) in [6.45, 7) is 5.49. The summed E-state index contributed by atoms with van der Waals surface area (Å²) in [7, 11) is 0. The molecule has 0 radical (unpaired) electrons. The fourth-order valence-corrected chi connectivity index (χ4v) is 3.07. The minimum absolute atomic E-state index is 0.431. The third-order valence-corrected chi connectivity index (χ3v) is 4.50. The number of benzene rings is 1. The van der Waals surface area contributed by atoms with E-state index in [0.717, 1.165) is 18.7 Å². The van der Waals surface area contributed by atoms with Crippen LogP contribution < -0.4 is 5.32 Å². The van der Waals surface area contributed by atoms with Gasteiger partial charge < -0.3 is 5.32 Å². The van der Waals surface area contributed by atoms with E-state index in [2.05, 4.69) is 60.5 Å². The number of rotatable bonds is 8. The third kappa shape index (κ3) is 5.52. The molecule has 0 aliphatic carbocycles. The van der Waals surface area contributed by atoms with Gasteiger partial charge in [-0.1, -0.05) is 19.1 Å². The maximum atomic E-state index is 4.05. The lowest BCUT2D eigenvalue weighted by Crippen LogP contribution is -2.19. The molecule has 0 saturated heterocycles. The summed E-state index contributed by atoms with van der Waals surface area (Å²) in [6.07, 6.45) is 5.98. The van der Waals surface area contributed by atoms with Crippen LogP contribution in [0.5, 0.6) is 0 Å². The summed E-state index contributed by atoms with van der Waals surface area (Å²) in [6, 6.07) is 13.5. The molecule has 2 nitrogen and oxygen atoms in total. The Balaban J connectivity index is 1.79. The molecule has 1 atom stereocenters. The molecule has 1 aromatic carbocycles. The van der Waals surface area contributed by atoms with Crippen molar-refractivity contribution in [2.24, 2.45) is 0 Å². The molecule has 1 aromatic heterocycles. The van der Waals surface area contributed by atoms with Crippen molar-refractivity contribution in [3.8, 4) is 0 Å². The molecule has 3 heteroatoms. The molecule has 112 valence electrons. The average molecular weight is 300 g/mol. The molecule has 2 aromatic rings. The minimum atomic E-state index is 0.431. The molecule has 0 spiro atoms. The number of hydrogen-bond donors (Lipinski definition) is 1. The molecule has 0 aliphatic rings. The van der Waals surface area contributed by atoms with E-state index >= 15 is 0 Å². The highest BCUT2D eigenvalue weighted by Crippen LogP contribution is 2.22. The number of thioether (sulfide) groups is 1. The van der Waals surface area contributed by atoms with Crippen molar-refractivity contribution in [3.63, 3.8) is 0 Å². The molecular weight excluding hydrogens is 276 g/mol. The Hall–Kier alpha value is -1.32. The largest absolute Gasteiger partial charge is 0.310 e. The molecule has 0 bridgehead atoms. The van der Waals surface area contributed by atoms with Gasteiger partial charge in [-0.15, -0.1) is 11.8 Å². The van der Waals surface area contributed by atoms with Crippen molar-refractivity contribution in [1.29, 1.82) is 0 Å². The molecule has 1 unspecified atom stereocenters. The summed E-state index contributed by atoms with van der Waals surface area (Å²) in [5.74, 6) is 1.10. The molecule has 0 amide bonds. The maximum Gasteiger partial charge on any atom is 0.0291 e. The second kappa shape index (κ2) is 8.85. The van der Waals surface area contributed by atoms with Gasteiger partial charge in [0.1, 0.15) is 0 Å². The van der Waals surface area contributed by atoms with Crippen LogP contribution in [0.3, 0.4) is 0 Å². The second-order valence-corrected chi connectivity index (χ2v) is 6.37. The van der Waals surface area contributed by atoms with Gasteiger partial charge in [0.15, 0.2) is 0 Å². The lowest BCUT2D eigenvalue weighted by molar-refractivity contribution is 0.570. The number of aromatic nitrogens is 1. The molecular formula is C18H24N2S. The Morgan fingerprint density at radius 3 is 2.48 bits per heavy atom. The van der Waals surface area contributed by atoms with Gasteiger partial charge in [0.2, 0.25) is 0 Å². The predicted molar refractivity (Wildman–Crippen MR) is 91.8 cm³/mol. The van der Waals surface area contributed by atoms with Gasteiger partial charge in [0.25, 0.3) is 0 Å². The first-order valence-corrected chi connectivity index (χ1v) is 8.63. The van der Waals surface area contributed by atoms with Crippen LogP contribution in [-0.2, 0) is 6.42 Å². The zero-order chi connectivity index (χ0) is 14.9. The highest BCUT2D eigenvalue weighted by Gasteiger charge is 2.04. The zero-order valence-electron chi connectivity index (χ0n) is 12.9. The lowest BCUT2D eigenvalue weighted by Gasteiger charge is -2.14. The second-order valence-electron chi connectivity index (χ2n) is 5.20. The smallest absolute Gasteiger partial charge is 0.0291 e. The van der Waals surface area contributed by atoms with Gasteiger partial charge >= 0.3 is 0 Å². The highest BCUT2D eigenvalue weighted by molar-refractivity contribution is 7.99. The Morgan fingerprint density at radius 2 is 1.81 bits per heavy atom. The third-order valence-electron chi connectivity index (χ3n) is 3.49. The number of pyridine rings is 1. The van der Waals surface area contributed by atoms with Crippen LogP contribution in [0.2, 0.25) is 0 Å². The first-order valence-electron chi connectivity index (χ1n) is 7.64. The van der Waals surface area contributed by atoms with Crippen LogP contribution in [0.15, 0.2) is 53.7 Å². The predicted octanol–water partition coefficient (Wildman–Crippen LogP) is 4.48. The van der Waals surface area contributed by atoms with Gasteiger partial charge in [-0.3, -0.25) is 4.98 Å². The van der Waals surface area contributed by atoms with E-state index < -0.39 is 0 Å². The molecule has 2 rings (SSSR count). The summed E-state index contributed by atoms with van der Waals surface area (Å²) >= 11 is 1.91. The van der Waals surface area contributed by atoms with Gasteiger partial charge in [-0.05, 0) is 61.7 Å². The first-order chi connectivity index (χ1) is 10.3. The quantitative estimate of drug-likeness (QED) is 0.728. The van der Waals surface area contributed by atoms with E-state index in [9.17, 15) is 0 Å². The van der Waals surface area contributed by atoms with Crippen LogP contribution in [0.4, 0.5) is 0 Å². The van der Waals surface area contributed by atoms with Crippen LogP contribution >= 0.6 is 11.8 Å². The van der Waals surface area contributed by atoms with Crippen molar-refractivity contribution in [2.75, 3.05) is 12.3 Å². The fourth-order valence-electron chi connectivity index (χ4n) is 2.17. The SMILES string of the molecule is CCCNC(C)c1ccc(SCCc2ccncc2)cc1. The van der Waals surface area contributed by atoms with Crippen molar-refractivity contribution in [2.45, 2.75) is 37.6 Å². The van der Waals surface area contributed by atoms with E-state index in [4.69, 9.17) is 0 Å². The molecule has 1 heterocycles. The van der Waals surface area contributed by atoms with Crippen molar-refractivity contribution >= 4 is 11.8 Å². The van der Waals surface area contributed by atoms with Gasteiger partial charge in [-0.25, -0.2) is 0 Å². The molecule has 0 fully saturated rings. The van der Waals surface area contributed by atoms with Crippen LogP contribution in [-0.4, -0.2) is 17.3 Å². The minimum Gasteiger partial charge on any atom is -0.310 e. The van der Waals surface area contributed by atoms with Crippen LogP contribution in [0, 0.1) is 0 Å². The van der Waals surface area contributed by atoms with Crippen molar-refractivity contribution in [3.05, 3.63) is 59.9 Å². The van der Waals surface area contributed by atoms with E-state index in [1.165, 1.54) is 22.4 Å². The summed E-state index contributed by atoms with van der Waals surface area (Å²) in [4.78, 5) is 5.39. The summed E-state index contributed by atoms with van der Waals surface area (Å²) < 4.78 is 0. The monoisotopic (exact) mass is 300 g/mol. The Morgan fingerprint density at radius 1 is 1.10 bits per heavy atom. The van der Waals surface area contributed by atoms with Crippen molar-refractivity contribution in [1.82, 2.24) is 10.3 Å². The lowest BCUT2D eigenvalue weighted by atomic mass is 10.1. The molecule has 0 aliphatic heterocycles. The topological polar surface area (TPSA) is 24.9 Å². The van der Waals surface area contributed by atoms with Gasteiger partial charge in [-0.2, -0.15) is 0 Å². The standard InChI is InChI=1S/C18H24N2S/c1-3-11-20-15(2)17-4-6-18(7-5-17)21-14-10-16-8-12-19-13-9-16/h4-9,12-13,15,20H,3,10-11,14H2,1-2H3. The van der Waals surface area contributed by atoms with Gasteiger partial charge in [0, 0.05) is 29.1 Å². The van der Waals surface area contributed by atoms with E-state index in [-0.39, 0.29) is 0 Å². The number of nitrogens with zero attached hydrogens (tertiary/aromatic N) is 1. The van der Waals surface area contributed by atoms with E-state index in [0.29, 0.717) is 6.04 Å².